The van der Waals surface area contributed by atoms with E-state index < -0.39 is 10.0 Å². The smallest absolute Gasteiger partial charge is 0.258 e. The van der Waals surface area contributed by atoms with Crippen LogP contribution in [0.3, 0.4) is 0 Å². The zero-order valence-electron chi connectivity index (χ0n) is 15.7. The molecule has 1 aliphatic rings. The number of amides is 1. The zero-order chi connectivity index (χ0) is 19.8. The molecule has 0 N–H and O–H groups in total. The lowest BCUT2D eigenvalue weighted by Crippen LogP contribution is -2.29. The maximum atomic E-state index is 13.0. The van der Waals surface area contributed by atoms with Gasteiger partial charge in [-0.2, -0.15) is 0 Å². The van der Waals surface area contributed by atoms with E-state index in [-0.39, 0.29) is 10.8 Å². The van der Waals surface area contributed by atoms with Crippen LogP contribution in [0.2, 0.25) is 0 Å². The number of carbonyl (C=O) groups is 1. The summed E-state index contributed by atoms with van der Waals surface area (Å²) in [5.41, 5.74) is 2.00. The van der Waals surface area contributed by atoms with E-state index in [1.807, 2.05) is 0 Å². The third-order valence-corrected chi connectivity index (χ3v) is 6.38. The van der Waals surface area contributed by atoms with Crippen LogP contribution < -0.4 is 14.4 Å². The fourth-order valence-corrected chi connectivity index (χ4v) is 4.00. The maximum absolute atomic E-state index is 13.0. The molecule has 0 spiro atoms. The zero-order valence-corrected chi connectivity index (χ0v) is 16.5. The summed E-state index contributed by atoms with van der Waals surface area (Å²) in [6.45, 7) is 0.485. The number of hydrogen-bond acceptors (Lipinski definition) is 5. The number of rotatable bonds is 5. The molecule has 27 heavy (non-hydrogen) atoms. The van der Waals surface area contributed by atoms with E-state index in [2.05, 4.69) is 0 Å². The Hall–Kier alpha value is -2.58. The molecule has 0 unspecified atom stereocenters. The molecule has 0 radical (unpaired) electrons. The van der Waals surface area contributed by atoms with E-state index in [0.29, 0.717) is 30.0 Å². The van der Waals surface area contributed by atoms with E-state index in [4.69, 9.17) is 9.47 Å². The second kappa shape index (κ2) is 7.21. The molecule has 2 aromatic carbocycles. The van der Waals surface area contributed by atoms with Crippen molar-refractivity contribution in [2.45, 2.75) is 11.3 Å². The van der Waals surface area contributed by atoms with E-state index in [1.165, 1.54) is 38.7 Å². The van der Waals surface area contributed by atoms with Crippen molar-refractivity contribution in [2.24, 2.45) is 0 Å². The van der Waals surface area contributed by atoms with Gasteiger partial charge in [0.1, 0.15) is 11.5 Å². The minimum atomic E-state index is -3.51. The van der Waals surface area contributed by atoms with Crippen LogP contribution in [0.4, 0.5) is 5.69 Å². The van der Waals surface area contributed by atoms with Gasteiger partial charge in [-0.05, 0) is 42.3 Å². The number of fused-ring (bicyclic) bond motifs is 1. The van der Waals surface area contributed by atoms with E-state index in [9.17, 15) is 13.2 Å². The van der Waals surface area contributed by atoms with Crippen molar-refractivity contribution >= 4 is 21.6 Å². The van der Waals surface area contributed by atoms with Gasteiger partial charge in [0.05, 0.1) is 19.1 Å². The van der Waals surface area contributed by atoms with Crippen molar-refractivity contribution in [3.63, 3.8) is 0 Å². The number of carbonyl (C=O) groups excluding carboxylic acids is 1. The molecule has 144 valence electrons. The molecule has 0 aliphatic carbocycles. The molecular formula is C19H22N2O5S. The first-order chi connectivity index (χ1) is 12.8. The number of methoxy groups -OCH3 is 2. The van der Waals surface area contributed by atoms with Crippen molar-refractivity contribution in [3.8, 4) is 11.5 Å². The fourth-order valence-electron chi connectivity index (χ4n) is 3.05. The van der Waals surface area contributed by atoms with Gasteiger partial charge in [-0.25, -0.2) is 12.7 Å². The Kier molecular flexibility index (Phi) is 5.12. The summed E-state index contributed by atoms with van der Waals surface area (Å²) in [6.07, 6.45) is 0.596. The molecule has 0 atom stereocenters. The highest BCUT2D eigenvalue weighted by Crippen LogP contribution is 2.33. The third-order valence-electron chi connectivity index (χ3n) is 4.57. The van der Waals surface area contributed by atoms with Gasteiger partial charge in [0, 0.05) is 38.0 Å². The molecule has 1 heterocycles. The van der Waals surface area contributed by atoms with Crippen LogP contribution in [0.5, 0.6) is 11.5 Å². The van der Waals surface area contributed by atoms with Crippen molar-refractivity contribution in [3.05, 3.63) is 47.5 Å². The van der Waals surface area contributed by atoms with E-state index >= 15 is 0 Å². The molecule has 0 aromatic heterocycles. The van der Waals surface area contributed by atoms with Crippen LogP contribution >= 0.6 is 0 Å². The highest BCUT2D eigenvalue weighted by molar-refractivity contribution is 7.89. The summed E-state index contributed by atoms with van der Waals surface area (Å²) in [5.74, 6) is 0.878. The van der Waals surface area contributed by atoms with Crippen LogP contribution in [0.1, 0.15) is 15.9 Å². The molecule has 3 rings (SSSR count). The predicted octanol–water partition coefficient (Wildman–Crippen LogP) is 2.16. The van der Waals surface area contributed by atoms with Gasteiger partial charge in [-0.15, -0.1) is 0 Å². The molecule has 7 nitrogen and oxygen atoms in total. The summed E-state index contributed by atoms with van der Waals surface area (Å²) in [6, 6.07) is 9.89. The van der Waals surface area contributed by atoms with Gasteiger partial charge >= 0.3 is 0 Å². The molecule has 1 amide bonds. The molecule has 2 aromatic rings. The second-order valence-corrected chi connectivity index (χ2v) is 8.54. The van der Waals surface area contributed by atoms with Crippen LogP contribution in [-0.2, 0) is 16.4 Å². The largest absolute Gasteiger partial charge is 0.497 e. The average molecular weight is 390 g/mol. The molecule has 0 saturated heterocycles. The topological polar surface area (TPSA) is 76.1 Å². The molecule has 1 aliphatic heterocycles. The lowest BCUT2D eigenvalue weighted by atomic mass is 10.1. The molecule has 0 fully saturated rings. The number of ether oxygens (including phenoxy) is 2. The lowest BCUT2D eigenvalue weighted by Gasteiger charge is -2.19. The maximum Gasteiger partial charge on any atom is 0.258 e. The van der Waals surface area contributed by atoms with Crippen LogP contribution in [0.15, 0.2) is 41.3 Å². The van der Waals surface area contributed by atoms with Gasteiger partial charge in [0.25, 0.3) is 5.91 Å². The Bertz CT molecular complexity index is 963. The summed E-state index contributed by atoms with van der Waals surface area (Å²) in [7, 11) is 2.54. The van der Waals surface area contributed by atoms with Crippen molar-refractivity contribution in [1.82, 2.24) is 4.31 Å². The van der Waals surface area contributed by atoms with E-state index in [0.717, 1.165) is 11.3 Å². The summed E-state index contributed by atoms with van der Waals surface area (Å²) >= 11 is 0. The highest BCUT2D eigenvalue weighted by Gasteiger charge is 2.28. The third kappa shape index (κ3) is 3.50. The Labute approximate surface area is 159 Å². The molecule has 0 bridgehead atoms. The first-order valence-electron chi connectivity index (χ1n) is 8.38. The van der Waals surface area contributed by atoms with Gasteiger partial charge < -0.3 is 14.4 Å². The summed E-state index contributed by atoms with van der Waals surface area (Å²) in [4.78, 5) is 14.9. The lowest BCUT2D eigenvalue weighted by molar-refractivity contribution is 0.0988. The minimum absolute atomic E-state index is 0.186. The number of sulfonamides is 1. The minimum Gasteiger partial charge on any atom is -0.497 e. The van der Waals surface area contributed by atoms with Crippen molar-refractivity contribution in [2.75, 3.05) is 39.8 Å². The van der Waals surface area contributed by atoms with E-state index in [1.54, 1.807) is 35.2 Å². The normalized spacial score (nSPS) is 13.6. The van der Waals surface area contributed by atoms with Gasteiger partial charge in [-0.3, -0.25) is 4.79 Å². The average Bonchev–Trinajstić information content (AvgIpc) is 3.09. The predicted molar refractivity (Wildman–Crippen MR) is 102 cm³/mol. The Balaban J connectivity index is 1.95. The van der Waals surface area contributed by atoms with Gasteiger partial charge in [-0.1, -0.05) is 0 Å². The highest BCUT2D eigenvalue weighted by atomic mass is 32.2. The van der Waals surface area contributed by atoms with Crippen molar-refractivity contribution in [1.29, 1.82) is 0 Å². The summed E-state index contributed by atoms with van der Waals surface area (Å²) in [5, 5.41) is 0. The first kappa shape index (κ1) is 19.2. The number of anilines is 1. The Morgan fingerprint density at radius 2 is 1.67 bits per heavy atom. The van der Waals surface area contributed by atoms with Crippen LogP contribution in [0.25, 0.3) is 0 Å². The molecular weight excluding hydrogens is 368 g/mol. The standard InChI is InChI=1S/C19H22N2O5S/c1-20(2)27(23,24)17-5-6-18-13(11-17)7-8-21(18)19(22)14-9-15(25-3)12-16(10-14)26-4/h5-6,9-12H,7-8H2,1-4H3. The molecule has 0 saturated carbocycles. The summed E-state index contributed by atoms with van der Waals surface area (Å²) < 4.78 is 36.3. The fraction of sp³-hybridized carbons (Fsp3) is 0.316. The Morgan fingerprint density at radius 1 is 1.04 bits per heavy atom. The van der Waals surface area contributed by atoms with Crippen LogP contribution in [-0.4, -0.2) is 53.5 Å². The first-order valence-corrected chi connectivity index (χ1v) is 9.82. The second-order valence-electron chi connectivity index (χ2n) is 6.39. The van der Waals surface area contributed by atoms with Gasteiger partial charge in [0.2, 0.25) is 10.0 Å². The van der Waals surface area contributed by atoms with Crippen LogP contribution in [0, 0.1) is 0 Å². The number of benzene rings is 2. The van der Waals surface area contributed by atoms with Gasteiger partial charge in [0.15, 0.2) is 0 Å². The van der Waals surface area contributed by atoms with Crippen molar-refractivity contribution < 1.29 is 22.7 Å². The molecule has 8 heteroatoms. The monoisotopic (exact) mass is 390 g/mol. The quantitative estimate of drug-likeness (QED) is 0.782. The Morgan fingerprint density at radius 3 is 2.22 bits per heavy atom. The number of nitrogens with zero attached hydrogens (tertiary/aromatic N) is 2. The SMILES string of the molecule is COc1cc(OC)cc(C(=O)N2CCc3cc(S(=O)(=O)N(C)C)ccc32)c1. The number of hydrogen-bond donors (Lipinski definition) is 0.